The minimum atomic E-state index is -3.29. The molecule has 1 fully saturated rings. The lowest BCUT2D eigenvalue weighted by atomic mass is 9.94. The van der Waals surface area contributed by atoms with Crippen molar-refractivity contribution in [1.82, 2.24) is 15.2 Å². The van der Waals surface area contributed by atoms with Crippen LogP contribution in [0.25, 0.3) is 10.8 Å². The van der Waals surface area contributed by atoms with Crippen LogP contribution in [0.15, 0.2) is 83.9 Å². The Labute approximate surface area is 216 Å². The average Bonchev–Trinajstić information content (AvgIpc) is 2.95. The molecule has 0 aliphatic carbocycles. The minimum absolute atomic E-state index is 0.233. The van der Waals surface area contributed by atoms with E-state index in [9.17, 15) is 9.36 Å². The van der Waals surface area contributed by atoms with Crippen LogP contribution in [0.4, 0.5) is 5.82 Å². The zero-order valence-corrected chi connectivity index (χ0v) is 21.6. The predicted octanol–water partition coefficient (Wildman–Crippen LogP) is 5.55. The number of nitrogens with one attached hydrogen (secondary N) is 1. The smallest absolute Gasteiger partial charge is 0.331 e. The van der Waals surface area contributed by atoms with E-state index in [1.54, 1.807) is 12.4 Å². The van der Waals surface area contributed by atoms with Crippen molar-refractivity contribution >= 4 is 24.2 Å². The van der Waals surface area contributed by atoms with Crippen molar-refractivity contribution in [1.29, 1.82) is 0 Å². The van der Waals surface area contributed by atoms with Gasteiger partial charge in [0.25, 0.3) is 5.56 Å². The molecular formula is C28H31N4O4P. The Kier molecular flexibility index (Phi) is 8.09. The van der Waals surface area contributed by atoms with Gasteiger partial charge in [0.05, 0.1) is 31.0 Å². The highest BCUT2D eigenvalue weighted by atomic mass is 31.2. The van der Waals surface area contributed by atoms with Gasteiger partial charge in [0, 0.05) is 24.7 Å². The molecule has 0 bridgehead atoms. The number of H-pyrrole nitrogens is 1. The van der Waals surface area contributed by atoms with E-state index in [0.717, 1.165) is 54.7 Å². The molecule has 1 aliphatic rings. The van der Waals surface area contributed by atoms with E-state index in [0.29, 0.717) is 17.5 Å². The van der Waals surface area contributed by atoms with Gasteiger partial charge in [-0.3, -0.25) is 9.36 Å². The van der Waals surface area contributed by atoms with Crippen molar-refractivity contribution in [3.8, 4) is 0 Å². The van der Waals surface area contributed by atoms with Crippen LogP contribution in [0.2, 0.25) is 0 Å². The number of fused-ring (bicyclic) bond motifs is 1. The normalized spacial score (nSPS) is 14.8. The molecule has 192 valence electrons. The fourth-order valence-corrected chi connectivity index (χ4v) is 6.31. The number of hydrogen-bond donors (Lipinski definition) is 1. The molecule has 37 heavy (non-hydrogen) atoms. The molecule has 4 aromatic rings. The molecule has 1 aliphatic heterocycles. The fourth-order valence-electron chi connectivity index (χ4n) is 4.60. The second kappa shape index (κ2) is 11.8. The van der Waals surface area contributed by atoms with E-state index in [1.807, 2.05) is 66.7 Å². The number of aromatic nitrogens is 3. The number of aromatic amines is 1. The lowest BCUT2D eigenvalue weighted by Gasteiger charge is -2.33. The largest absolute Gasteiger partial charge is 0.357 e. The molecule has 3 heterocycles. The first kappa shape index (κ1) is 25.3. The van der Waals surface area contributed by atoms with Crippen LogP contribution in [0, 0.1) is 5.92 Å². The van der Waals surface area contributed by atoms with Gasteiger partial charge in [-0.05, 0) is 42.4 Å². The van der Waals surface area contributed by atoms with E-state index < -0.39 is 7.60 Å². The highest BCUT2D eigenvalue weighted by Crippen LogP contribution is 2.51. The maximum Gasteiger partial charge on any atom is 0.331 e. The second-order valence-corrected chi connectivity index (χ2v) is 11.6. The molecule has 0 unspecified atom stereocenters. The number of piperidine rings is 1. The number of pyridine rings is 1. The summed E-state index contributed by atoms with van der Waals surface area (Å²) in [6, 6.07) is 21.4. The maximum absolute atomic E-state index is 13.7. The lowest BCUT2D eigenvalue weighted by molar-refractivity contribution is 0.188. The molecule has 0 radical (unpaired) electrons. The number of hydrogen-bond acceptors (Lipinski definition) is 7. The predicted molar refractivity (Wildman–Crippen MR) is 145 cm³/mol. The minimum Gasteiger partial charge on any atom is -0.357 e. The molecule has 0 atom stereocenters. The number of benzene rings is 2. The summed E-state index contributed by atoms with van der Waals surface area (Å²) >= 11 is 0. The van der Waals surface area contributed by atoms with Crippen LogP contribution in [0.5, 0.6) is 0 Å². The van der Waals surface area contributed by atoms with E-state index in [-0.39, 0.29) is 18.8 Å². The molecule has 1 saturated heterocycles. The first-order valence-electron chi connectivity index (χ1n) is 12.6. The Bertz CT molecular complexity index is 1360. The number of anilines is 1. The van der Waals surface area contributed by atoms with Gasteiger partial charge in [0.1, 0.15) is 5.82 Å². The van der Waals surface area contributed by atoms with Crippen molar-refractivity contribution in [2.75, 3.05) is 24.2 Å². The van der Waals surface area contributed by atoms with Gasteiger partial charge in [0.15, 0.2) is 0 Å². The molecule has 2 aromatic heterocycles. The van der Waals surface area contributed by atoms with Crippen LogP contribution in [0.1, 0.15) is 30.4 Å². The molecule has 9 heteroatoms. The third-order valence-electron chi connectivity index (χ3n) is 6.83. The summed E-state index contributed by atoms with van der Waals surface area (Å²) in [7, 11) is -3.29. The van der Waals surface area contributed by atoms with Gasteiger partial charge in [-0.15, -0.1) is 0 Å². The second-order valence-electron chi connectivity index (χ2n) is 9.40. The summed E-state index contributed by atoms with van der Waals surface area (Å²) in [5, 5.41) is 7.65. The van der Waals surface area contributed by atoms with Gasteiger partial charge < -0.3 is 13.9 Å². The molecule has 0 amide bonds. The van der Waals surface area contributed by atoms with Gasteiger partial charge in [-0.1, -0.05) is 60.7 Å². The summed E-state index contributed by atoms with van der Waals surface area (Å²) < 4.78 is 25.6. The van der Waals surface area contributed by atoms with Crippen LogP contribution in [-0.2, 0) is 26.8 Å². The van der Waals surface area contributed by atoms with Gasteiger partial charge in [0.2, 0.25) is 0 Å². The average molecular weight is 519 g/mol. The Hall–Kier alpha value is -3.32. The van der Waals surface area contributed by atoms with E-state index >= 15 is 0 Å². The van der Waals surface area contributed by atoms with Crippen LogP contribution < -0.4 is 10.5 Å². The molecule has 1 N–H and O–H groups in total. The fraction of sp³-hybridized carbons (Fsp3) is 0.321. The Morgan fingerprint density at radius 2 is 1.54 bits per heavy atom. The van der Waals surface area contributed by atoms with Gasteiger partial charge >= 0.3 is 7.60 Å². The monoisotopic (exact) mass is 518 g/mol. The SMILES string of the molecule is O=c1[nH]ncc2cc(N3CCC(CCP(=O)(OCc4ccccc4)OCc4ccccc4)CC3)ncc12. The zero-order valence-electron chi connectivity index (χ0n) is 20.7. The molecule has 8 nitrogen and oxygen atoms in total. The van der Waals surface area contributed by atoms with Crippen LogP contribution in [-0.4, -0.2) is 34.4 Å². The molecule has 2 aromatic carbocycles. The zero-order chi connectivity index (χ0) is 25.5. The topological polar surface area (TPSA) is 97.4 Å². The Balaban J connectivity index is 1.18. The Morgan fingerprint density at radius 3 is 2.16 bits per heavy atom. The maximum atomic E-state index is 13.7. The van der Waals surface area contributed by atoms with Crippen molar-refractivity contribution < 1.29 is 13.6 Å². The van der Waals surface area contributed by atoms with Crippen molar-refractivity contribution in [3.63, 3.8) is 0 Å². The van der Waals surface area contributed by atoms with Crippen molar-refractivity contribution in [2.45, 2.75) is 32.5 Å². The van der Waals surface area contributed by atoms with E-state index in [1.165, 1.54) is 0 Å². The first-order chi connectivity index (χ1) is 18.1. The quantitative estimate of drug-likeness (QED) is 0.275. The third-order valence-corrected chi connectivity index (χ3v) is 8.68. The van der Waals surface area contributed by atoms with Crippen LogP contribution >= 0.6 is 7.60 Å². The molecule has 5 rings (SSSR count). The molecular weight excluding hydrogens is 487 g/mol. The highest BCUT2D eigenvalue weighted by molar-refractivity contribution is 7.53. The van der Waals surface area contributed by atoms with Gasteiger partial charge in [-0.25, -0.2) is 10.1 Å². The van der Waals surface area contributed by atoms with Crippen molar-refractivity contribution in [3.05, 3.63) is 101 Å². The summed E-state index contributed by atoms with van der Waals surface area (Å²) in [6.07, 6.45) is 6.35. The summed E-state index contributed by atoms with van der Waals surface area (Å²) in [5.74, 6) is 1.27. The first-order valence-corrected chi connectivity index (χ1v) is 14.4. The standard InChI is InChI=1S/C28H31N4O4P/c33-28-26-19-29-27(17-25(26)18-30-31-28)32-14-11-22(12-15-32)13-16-37(34,35-20-23-7-3-1-4-8-23)36-21-24-9-5-2-6-10-24/h1-10,17-19,22H,11-16,20-21H2,(H,31,33). The third kappa shape index (κ3) is 6.72. The number of nitrogens with zero attached hydrogens (tertiary/aromatic N) is 3. The van der Waals surface area contributed by atoms with Crippen molar-refractivity contribution in [2.24, 2.45) is 5.92 Å². The Morgan fingerprint density at radius 1 is 0.919 bits per heavy atom. The molecule has 0 spiro atoms. The summed E-state index contributed by atoms with van der Waals surface area (Å²) in [6.45, 7) is 2.22. The van der Waals surface area contributed by atoms with E-state index in [4.69, 9.17) is 9.05 Å². The molecule has 0 saturated carbocycles. The highest BCUT2D eigenvalue weighted by Gasteiger charge is 2.28. The number of rotatable bonds is 10. The summed E-state index contributed by atoms with van der Waals surface area (Å²) in [5.41, 5.74) is 1.71. The lowest BCUT2D eigenvalue weighted by Crippen LogP contribution is -2.34. The van der Waals surface area contributed by atoms with E-state index in [2.05, 4.69) is 20.1 Å². The van der Waals surface area contributed by atoms with Gasteiger partial charge in [-0.2, -0.15) is 5.10 Å². The summed E-state index contributed by atoms with van der Waals surface area (Å²) in [4.78, 5) is 18.6. The van der Waals surface area contributed by atoms with Crippen LogP contribution in [0.3, 0.4) is 0 Å².